The third kappa shape index (κ3) is 5.93. The van der Waals surface area contributed by atoms with Crippen molar-refractivity contribution >= 4 is 23.1 Å². The van der Waals surface area contributed by atoms with E-state index >= 15 is 0 Å². The number of anilines is 3. The zero-order valence-electron chi connectivity index (χ0n) is 18.3. The Labute approximate surface area is 194 Å². The first-order chi connectivity index (χ1) is 16.2. The molecule has 34 heavy (non-hydrogen) atoms. The van der Waals surface area contributed by atoms with Crippen molar-refractivity contribution < 1.29 is 32.2 Å². The number of likely N-dealkylation sites (tertiary alicyclic amines) is 1. The lowest BCUT2D eigenvalue weighted by atomic mass is 10.0. The monoisotopic (exact) mass is 481 g/mol. The highest BCUT2D eigenvalue weighted by molar-refractivity contribution is 5.99. The van der Waals surface area contributed by atoms with Gasteiger partial charge in [0.25, 0.3) is 5.91 Å². The fraction of sp³-hybridized carbons (Fsp3) is 0.455. The molecule has 0 radical (unpaired) electrons. The molecule has 4 rings (SSSR count). The van der Waals surface area contributed by atoms with Crippen molar-refractivity contribution in [1.29, 1.82) is 0 Å². The van der Waals surface area contributed by atoms with Gasteiger partial charge < -0.3 is 35.9 Å². The second-order valence-corrected chi connectivity index (χ2v) is 8.21. The summed E-state index contributed by atoms with van der Waals surface area (Å²) in [7, 11) is 0. The van der Waals surface area contributed by atoms with Crippen LogP contribution in [-0.2, 0) is 4.74 Å². The number of carbonyl (C=O) groups is 1. The van der Waals surface area contributed by atoms with Crippen LogP contribution in [0.2, 0.25) is 0 Å². The molecule has 5 N–H and O–H groups in total. The van der Waals surface area contributed by atoms with Crippen LogP contribution in [0.5, 0.6) is 11.5 Å². The number of rotatable bonds is 6. The van der Waals surface area contributed by atoms with Crippen LogP contribution in [0.15, 0.2) is 30.5 Å². The fourth-order valence-electron chi connectivity index (χ4n) is 3.98. The van der Waals surface area contributed by atoms with Gasteiger partial charge in [0.15, 0.2) is 0 Å². The molecule has 0 saturated carbocycles. The minimum atomic E-state index is -4.83. The van der Waals surface area contributed by atoms with E-state index in [-0.39, 0.29) is 29.3 Å². The van der Waals surface area contributed by atoms with Crippen LogP contribution in [0.3, 0.4) is 0 Å². The van der Waals surface area contributed by atoms with Crippen molar-refractivity contribution in [2.45, 2.75) is 37.8 Å². The molecule has 0 spiro atoms. The fourth-order valence-corrected chi connectivity index (χ4v) is 3.98. The van der Waals surface area contributed by atoms with Crippen molar-refractivity contribution in [2.75, 3.05) is 43.1 Å². The molecule has 0 bridgehead atoms. The number of nitrogens with one attached hydrogen (secondary N) is 1. The molecule has 2 fully saturated rings. The maximum atomic E-state index is 12.9. The summed E-state index contributed by atoms with van der Waals surface area (Å²) in [4.78, 5) is 18.7. The van der Waals surface area contributed by atoms with Crippen molar-refractivity contribution in [3.8, 4) is 11.5 Å². The summed E-state index contributed by atoms with van der Waals surface area (Å²) in [5, 5.41) is 3.37. The number of ether oxygens (including phenoxy) is 3. The maximum Gasteiger partial charge on any atom is 0.573 e. The molecule has 2 aliphatic heterocycles. The first kappa shape index (κ1) is 23.7. The smallest absolute Gasteiger partial charge is 0.486 e. The van der Waals surface area contributed by atoms with E-state index in [0.29, 0.717) is 56.4 Å². The molecule has 2 aromatic rings. The van der Waals surface area contributed by atoms with Gasteiger partial charge >= 0.3 is 6.36 Å². The Morgan fingerprint density at radius 3 is 2.56 bits per heavy atom. The first-order valence-corrected chi connectivity index (χ1v) is 10.9. The molecule has 1 amide bonds. The number of hydrogen-bond acceptors (Lipinski definition) is 8. The highest BCUT2D eigenvalue weighted by Crippen LogP contribution is 2.29. The van der Waals surface area contributed by atoms with Crippen LogP contribution >= 0.6 is 0 Å². The number of benzene rings is 1. The van der Waals surface area contributed by atoms with Crippen LogP contribution < -0.4 is 26.3 Å². The minimum absolute atomic E-state index is 0.00551. The minimum Gasteiger partial charge on any atom is -0.486 e. The lowest BCUT2D eigenvalue weighted by Crippen LogP contribution is -2.42. The number of carbonyl (C=O) groups excluding carboxylic acids is 1. The molecule has 184 valence electrons. The van der Waals surface area contributed by atoms with Crippen LogP contribution in [0.4, 0.5) is 30.4 Å². The van der Waals surface area contributed by atoms with Gasteiger partial charge in [-0.05, 0) is 25.0 Å². The van der Waals surface area contributed by atoms with E-state index in [0.717, 1.165) is 18.6 Å². The highest BCUT2D eigenvalue weighted by Gasteiger charge is 2.32. The lowest BCUT2D eigenvalue weighted by molar-refractivity contribution is -0.274. The number of nitrogens with zero attached hydrogens (tertiary/aromatic N) is 2. The molecule has 2 aliphatic rings. The Morgan fingerprint density at radius 1 is 1.15 bits per heavy atom. The summed E-state index contributed by atoms with van der Waals surface area (Å²) < 4.78 is 52.2. The van der Waals surface area contributed by atoms with Gasteiger partial charge in [0.2, 0.25) is 0 Å². The highest BCUT2D eigenvalue weighted by atomic mass is 19.4. The number of alkyl halides is 3. The average Bonchev–Trinajstić information content (AvgIpc) is 3.28. The number of piperidine rings is 1. The molecule has 1 aromatic heterocycles. The van der Waals surface area contributed by atoms with E-state index < -0.39 is 12.1 Å². The average molecular weight is 481 g/mol. The van der Waals surface area contributed by atoms with Crippen molar-refractivity contribution in [2.24, 2.45) is 0 Å². The molecule has 9 nitrogen and oxygen atoms in total. The Kier molecular flexibility index (Phi) is 6.87. The normalized spacial score (nSPS) is 19.1. The number of amides is 1. The van der Waals surface area contributed by atoms with Crippen LogP contribution in [0.1, 0.15) is 29.6 Å². The van der Waals surface area contributed by atoms with Gasteiger partial charge in [-0.2, -0.15) is 0 Å². The zero-order chi connectivity index (χ0) is 24.3. The molecule has 1 atom stereocenters. The number of nitrogen functional groups attached to an aromatic ring is 2. The van der Waals surface area contributed by atoms with E-state index in [2.05, 4.69) is 15.0 Å². The van der Waals surface area contributed by atoms with Crippen LogP contribution in [0.25, 0.3) is 0 Å². The van der Waals surface area contributed by atoms with Gasteiger partial charge in [0, 0.05) is 43.4 Å². The number of aromatic nitrogens is 1. The van der Waals surface area contributed by atoms with Gasteiger partial charge in [-0.1, -0.05) is 0 Å². The summed E-state index contributed by atoms with van der Waals surface area (Å²) in [6.45, 7) is 2.11. The quantitative estimate of drug-likeness (QED) is 0.538. The first-order valence-electron chi connectivity index (χ1n) is 10.9. The van der Waals surface area contributed by atoms with Gasteiger partial charge in [-0.25, -0.2) is 4.98 Å². The van der Waals surface area contributed by atoms with E-state index in [9.17, 15) is 18.0 Å². The maximum absolute atomic E-state index is 12.9. The van der Waals surface area contributed by atoms with Gasteiger partial charge in [-0.15, -0.1) is 13.2 Å². The Balaban J connectivity index is 1.33. The van der Waals surface area contributed by atoms with Gasteiger partial charge in [-0.3, -0.25) is 4.79 Å². The summed E-state index contributed by atoms with van der Waals surface area (Å²) in [5.41, 5.74) is 12.6. The number of halogens is 3. The summed E-state index contributed by atoms with van der Waals surface area (Å²) in [6.07, 6.45) is -1.15. The largest absolute Gasteiger partial charge is 0.573 e. The molecule has 0 aliphatic carbocycles. The molecule has 1 aromatic carbocycles. The topological polar surface area (TPSA) is 125 Å². The van der Waals surface area contributed by atoms with E-state index in [1.165, 1.54) is 6.07 Å². The molecule has 3 heterocycles. The second-order valence-electron chi connectivity index (χ2n) is 8.21. The van der Waals surface area contributed by atoms with Crippen LogP contribution in [0, 0.1) is 0 Å². The predicted molar refractivity (Wildman–Crippen MR) is 119 cm³/mol. The van der Waals surface area contributed by atoms with Gasteiger partial charge in [0.05, 0.1) is 30.7 Å². The molecular formula is C22H26F3N5O4. The predicted octanol–water partition coefficient (Wildman–Crippen LogP) is 3.03. The number of pyridine rings is 1. The summed E-state index contributed by atoms with van der Waals surface area (Å²) >= 11 is 0. The van der Waals surface area contributed by atoms with E-state index in [1.54, 1.807) is 11.1 Å². The summed E-state index contributed by atoms with van der Waals surface area (Å²) in [6, 6.07) is 5.18. The Hall–Kier alpha value is -3.41. The van der Waals surface area contributed by atoms with Gasteiger partial charge in [0.1, 0.15) is 23.4 Å². The van der Waals surface area contributed by atoms with Crippen LogP contribution in [-0.4, -0.2) is 60.6 Å². The van der Waals surface area contributed by atoms with Crippen molar-refractivity contribution in [1.82, 2.24) is 9.88 Å². The summed E-state index contributed by atoms with van der Waals surface area (Å²) in [5.74, 6) is 0.142. The molecule has 2 saturated heterocycles. The van der Waals surface area contributed by atoms with E-state index in [1.807, 2.05) is 6.07 Å². The van der Waals surface area contributed by atoms with Crippen molar-refractivity contribution in [3.05, 3.63) is 36.0 Å². The Morgan fingerprint density at radius 2 is 1.91 bits per heavy atom. The molecule has 12 heteroatoms. The third-order valence-electron chi connectivity index (χ3n) is 5.71. The molecular weight excluding hydrogens is 455 g/mol. The zero-order valence-corrected chi connectivity index (χ0v) is 18.3. The standard InChI is InChI=1S/C22H26F3N5O4/c23-22(24,25)34-14-1-2-17(18(26)9-14)21(31)30-6-3-13(4-7-30)29-19-10-16(11-28-20(19)27)33-15-5-8-32-12-15/h1-2,9-11,13,15,29H,3-8,12,26H2,(H2,27,28). The molecule has 1 unspecified atom stereocenters. The number of nitrogens with two attached hydrogens (primary N) is 2. The van der Waals surface area contributed by atoms with Crippen molar-refractivity contribution in [3.63, 3.8) is 0 Å². The third-order valence-corrected chi connectivity index (χ3v) is 5.71. The second kappa shape index (κ2) is 9.84. The van der Waals surface area contributed by atoms with E-state index in [4.69, 9.17) is 20.9 Å². The lowest BCUT2D eigenvalue weighted by Gasteiger charge is -2.33. The SMILES string of the molecule is Nc1cc(OC(F)(F)F)ccc1C(=O)N1CCC(Nc2cc(OC3CCOC3)cnc2N)CC1. The Bertz CT molecular complexity index is 1020. The number of hydrogen-bond donors (Lipinski definition) is 3.